The van der Waals surface area contributed by atoms with Crippen LogP contribution in [0.4, 0.5) is 10.5 Å². The minimum atomic E-state index is -2.24. The summed E-state index contributed by atoms with van der Waals surface area (Å²) in [4.78, 5) is 228. The van der Waals surface area contributed by atoms with Gasteiger partial charge in [-0.15, -0.1) is 0 Å². The number of nitrogens with two attached hydrogens (primary N) is 2. The fourth-order valence-electron chi connectivity index (χ4n) is 9.57. The number of ether oxygens (including phenoxy) is 1. The van der Waals surface area contributed by atoms with Crippen molar-refractivity contribution in [1.29, 1.82) is 0 Å². The van der Waals surface area contributed by atoms with Gasteiger partial charge < -0.3 is 106 Å². The predicted octanol–water partition coefficient (Wildman–Crippen LogP) is -4.23. The quantitative estimate of drug-likeness (QED) is 0.0150. The molecule has 1 aromatic rings. The average Bonchev–Trinajstić information content (AvgIpc) is 0.944. The Morgan fingerprint density at radius 2 is 1.09 bits per heavy atom. The molecule has 0 saturated carbocycles. The molecule has 0 aromatic heterocycles. The van der Waals surface area contributed by atoms with Crippen LogP contribution in [-0.4, -0.2) is 220 Å². The van der Waals surface area contributed by atoms with Crippen LogP contribution in [0.5, 0.6) is 0 Å². The van der Waals surface area contributed by atoms with Crippen LogP contribution >= 0.6 is 0 Å². The number of hydrogen-bond acceptors (Lipinski definition) is 21. The number of carbonyl (C=O) groups excluding carboxylic acids is 13. The molecule has 0 bridgehead atoms. The number of Topliss-reactive ketones (excluding diaryl/α,β-unsaturated/α-hetero) is 1. The van der Waals surface area contributed by atoms with Crippen molar-refractivity contribution in [1.82, 2.24) is 63.8 Å². The molecule has 1 aromatic carbocycles. The van der Waals surface area contributed by atoms with Crippen LogP contribution in [0.1, 0.15) is 147 Å². The Morgan fingerprint density at radius 3 is 1.65 bits per heavy atom. The third-order valence-corrected chi connectivity index (χ3v) is 14.9. The fourth-order valence-corrected chi connectivity index (χ4v) is 9.57. The van der Waals surface area contributed by atoms with Crippen LogP contribution in [0.25, 0.3) is 0 Å². The van der Waals surface area contributed by atoms with Crippen molar-refractivity contribution >= 4 is 106 Å². The van der Waals surface area contributed by atoms with Gasteiger partial charge in [0, 0.05) is 24.2 Å². The van der Waals surface area contributed by atoms with E-state index in [4.69, 9.17) is 16.2 Å². The van der Waals surface area contributed by atoms with E-state index in [0.717, 1.165) is 72.1 Å². The van der Waals surface area contributed by atoms with Crippen molar-refractivity contribution in [3.05, 3.63) is 29.8 Å². The summed E-state index contributed by atoms with van der Waals surface area (Å²) in [6, 6.07) is -13.7. The van der Waals surface area contributed by atoms with Crippen LogP contribution < -0.4 is 75.3 Å². The number of rotatable bonds is 30. The highest BCUT2D eigenvalue weighted by Gasteiger charge is 2.40. The molecule has 0 spiro atoms. The van der Waals surface area contributed by atoms with Crippen LogP contribution in [0.15, 0.2) is 24.3 Å². The van der Waals surface area contributed by atoms with Gasteiger partial charge in [0.2, 0.25) is 59.1 Å². The zero-order chi connectivity index (χ0) is 72.9. The lowest BCUT2D eigenvalue weighted by Gasteiger charge is -2.29. The summed E-state index contributed by atoms with van der Waals surface area (Å²) in [6.45, 7) is 1.70. The first kappa shape index (κ1) is 83.0. The number of hydrogen-bond donors (Lipinski definition) is 19. The molecule has 97 heavy (non-hydrogen) atoms. The normalized spacial score (nSPS) is 22.4. The molecule has 1 aliphatic rings. The van der Waals surface area contributed by atoms with Crippen molar-refractivity contribution in [3.8, 4) is 0 Å². The summed E-state index contributed by atoms with van der Waals surface area (Å²) in [7, 11) is 0. The third kappa shape index (κ3) is 31.8. The van der Waals surface area contributed by atoms with Crippen molar-refractivity contribution in [2.24, 2.45) is 11.7 Å². The van der Waals surface area contributed by atoms with E-state index in [1.54, 1.807) is 0 Å². The molecule has 1 heterocycles. The van der Waals surface area contributed by atoms with E-state index in [1.807, 2.05) is 16.0 Å². The van der Waals surface area contributed by atoms with Gasteiger partial charge in [-0.3, -0.25) is 71.9 Å². The van der Waals surface area contributed by atoms with E-state index in [0.29, 0.717) is 6.42 Å². The Labute approximate surface area is 557 Å². The Bertz CT molecular complexity index is 2950. The second-order valence-electron chi connectivity index (χ2n) is 23.0. The number of carbonyl (C=O) groups is 17. The molecular formula is C60H92N14O23. The summed E-state index contributed by atoms with van der Waals surface area (Å²) in [6.07, 6.45) is 1.99. The van der Waals surface area contributed by atoms with Gasteiger partial charge in [-0.2, -0.15) is 0 Å². The maximum absolute atomic E-state index is 14.6. The number of para-hydroxylation sites is 1. The lowest BCUT2D eigenvalue weighted by atomic mass is 9.96. The third-order valence-electron chi connectivity index (χ3n) is 14.9. The molecule has 21 N–H and O–H groups in total. The fraction of sp³-hybridized carbons (Fsp3) is 0.617. The maximum atomic E-state index is 14.6. The molecular weight excluding hydrogens is 1280 g/mol. The number of esters is 1. The number of aliphatic carboxylic acids is 4. The molecule has 2 rings (SSSR count). The molecule has 11 unspecified atom stereocenters. The summed E-state index contributed by atoms with van der Waals surface area (Å²) in [5.41, 5.74) is 11.4. The predicted molar refractivity (Wildman–Crippen MR) is 338 cm³/mol. The molecule has 1 aliphatic heterocycles. The number of urea groups is 1. The van der Waals surface area contributed by atoms with E-state index in [9.17, 15) is 107 Å². The molecule has 37 heteroatoms. The number of anilines is 1. The number of cyclic esters (lactones) is 1. The minimum absolute atomic E-state index is 0.0288. The number of ketones is 1. The largest absolute Gasteiger partial charge is 0.481 e. The van der Waals surface area contributed by atoms with Crippen molar-refractivity contribution in [2.75, 3.05) is 38.5 Å². The molecule has 1 fully saturated rings. The first-order chi connectivity index (χ1) is 45.8. The molecule has 1 saturated heterocycles. The minimum Gasteiger partial charge on any atom is -0.481 e. The average molecular weight is 1380 g/mol. The number of nitrogen functional groups attached to an aromatic ring is 1. The monoisotopic (exact) mass is 1380 g/mol. The smallest absolute Gasteiger partial charge is 0.329 e. The van der Waals surface area contributed by atoms with Gasteiger partial charge >= 0.3 is 35.9 Å². The van der Waals surface area contributed by atoms with Gasteiger partial charge in [0.1, 0.15) is 60.5 Å². The zero-order valence-corrected chi connectivity index (χ0v) is 54.5. The van der Waals surface area contributed by atoms with Crippen LogP contribution in [0, 0.1) is 5.92 Å². The number of unbranched alkanes of at least 4 members (excludes halogenated alkanes) is 9. The topological polar surface area (TPSA) is 597 Å². The summed E-state index contributed by atoms with van der Waals surface area (Å²) in [5, 5.41) is 75.2. The van der Waals surface area contributed by atoms with E-state index < -0.39 is 219 Å². The number of amides is 12. The maximum Gasteiger partial charge on any atom is 0.329 e. The number of aliphatic hydroxyl groups excluding tert-OH is 1. The van der Waals surface area contributed by atoms with Crippen molar-refractivity contribution in [3.63, 3.8) is 0 Å². The lowest BCUT2D eigenvalue weighted by molar-refractivity contribution is -0.156. The van der Waals surface area contributed by atoms with E-state index in [2.05, 4.69) is 54.8 Å². The van der Waals surface area contributed by atoms with Gasteiger partial charge in [-0.1, -0.05) is 83.8 Å². The van der Waals surface area contributed by atoms with Gasteiger partial charge in [-0.25, -0.2) is 9.59 Å². The van der Waals surface area contributed by atoms with E-state index >= 15 is 0 Å². The number of carboxylic acids is 4. The summed E-state index contributed by atoms with van der Waals surface area (Å²) < 4.78 is 5.64. The Morgan fingerprint density at radius 1 is 0.577 bits per heavy atom. The van der Waals surface area contributed by atoms with Gasteiger partial charge in [0.25, 0.3) is 0 Å². The first-order valence-electron chi connectivity index (χ1n) is 31.6. The number of carboxylic acid groups (broad SMARTS) is 4. The highest BCUT2D eigenvalue weighted by Crippen LogP contribution is 2.18. The number of aliphatic hydroxyl groups is 1. The summed E-state index contributed by atoms with van der Waals surface area (Å²) >= 11 is 0. The van der Waals surface area contributed by atoms with Gasteiger partial charge in [0.15, 0.2) is 5.78 Å². The standard InChI is InChI=1S/C60H92N14O23/c1-5-6-7-8-9-10-11-12-13-16-22-63-60(96)72-39(27-48(85)86)55(91)74-50-33(4)97-59(95)40(24-42(76)34-18-14-15-19-35(34)62)71-58(94)49(31(2)23-45(79)80)73-56(92)41(30-75)68-44(78)28-64-52(88)37(25-46(81)82)69-51(87)32(3)66-54(90)38(26-47(83)84)70-53(89)36(20-17-21-61)67-43(77)29-65-57(50)93/h14-15,18-19,31-33,36-41,49-50,75H,5-13,16-17,20-30,61-62H2,1-4H3,(H,64,88)(H,65,93)(H,66,90)(H,67,77)(H,68,78)(H,69,87)(H,70,89)(H,71,94)(H,73,92)(H,74,91)(H,79,80)(H,81,82)(H,83,84)(H,85,86)(H2,63,72,96). The highest BCUT2D eigenvalue weighted by molar-refractivity contribution is 6.04. The van der Waals surface area contributed by atoms with Gasteiger partial charge in [-0.05, 0) is 57.7 Å². The summed E-state index contributed by atoms with van der Waals surface area (Å²) in [5.74, 6) is -24.0. The molecule has 540 valence electrons. The lowest BCUT2D eigenvalue weighted by Crippen LogP contribution is -2.61. The van der Waals surface area contributed by atoms with E-state index in [1.165, 1.54) is 30.7 Å². The molecule has 0 radical (unpaired) electrons. The number of nitrogens with one attached hydrogen (secondary N) is 12. The zero-order valence-electron chi connectivity index (χ0n) is 54.5. The molecule has 12 amide bonds. The Kier molecular flexibility index (Phi) is 37.5. The molecule has 0 aliphatic carbocycles. The second kappa shape index (κ2) is 43.8. The van der Waals surface area contributed by atoms with E-state index in [-0.39, 0.29) is 37.2 Å². The Hall–Kier alpha value is -10.1. The Balaban J connectivity index is 2.83. The second-order valence-corrected chi connectivity index (χ2v) is 23.0. The van der Waals surface area contributed by atoms with Crippen molar-refractivity contribution < 1.29 is 112 Å². The van der Waals surface area contributed by atoms with Crippen LogP contribution in [0.3, 0.4) is 0 Å². The van der Waals surface area contributed by atoms with Crippen LogP contribution in [0.2, 0.25) is 0 Å². The molecule has 37 nitrogen and oxygen atoms in total. The SMILES string of the molecule is CCCCCCCCCCCCNC(=O)NC(CC(=O)O)C(=O)NC1C(=O)NCC(=O)NC(CCCN)C(=O)NC(CC(=O)O)C(=O)NC(C)C(=O)NC(CC(=O)O)C(=O)NCC(=O)NC(CO)C(=O)NC(C(C)CC(=O)O)C(=O)NC(CC(=O)c2ccccc2N)C(=O)OC1C. The molecule has 11 atom stereocenters. The van der Waals surface area contributed by atoms with Crippen molar-refractivity contribution in [2.45, 2.75) is 197 Å². The number of benzene rings is 1. The van der Waals surface area contributed by atoms with Gasteiger partial charge in [0.05, 0.1) is 45.4 Å². The first-order valence-corrected chi connectivity index (χ1v) is 31.6. The highest BCUT2D eigenvalue weighted by atomic mass is 16.5. The van der Waals surface area contributed by atoms with Crippen LogP contribution in [-0.2, 0) is 76.7 Å².